The van der Waals surface area contributed by atoms with Gasteiger partial charge in [-0.1, -0.05) is 12.0 Å². The average molecular weight is 388 g/mol. The maximum Gasteiger partial charge on any atom is 0.460 e. The molecule has 1 rings (SSSR count). The number of hydrogen-bond acceptors (Lipinski definition) is 0. The molecule has 0 atom stereocenters. The second-order valence-corrected chi connectivity index (χ2v) is 4.55. The van der Waals surface area contributed by atoms with E-state index < -0.39 is 41.2 Å². The maximum atomic E-state index is 13.1. The number of hydrogen-bond donors (Lipinski definition) is 0. The van der Waals surface area contributed by atoms with E-state index in [0.717, 1.165) is 5.92 Å². The summed E-state index contributed by atoms with van der Waals surface area (Å²) in [6, 6.07) is 1.88. The summed E-state index contributed by atoms with van der Waals surface area (Å²) in [6.07, 6.45) is -12.0. The summed E-state index contributed by atoms with van der Waals surface area (Å²) in [4.78, 5) is 0. The Kier molecular flexibility index (Phi) is 5.06. The number of alkyl halides is 12. The first kappa shape index (κ1) is 21.0. The molecular formula is C13H4F12. The summed E-state index contributed by atoms with van der Waals surface area (Å²) in [7, 11) is 0. The molecule has 0 N–H and O–H groups in total. The van der Waals surface area contributed by atoms with Gasteiger partial charge in [-0.25, -0.2) is 0 Å². The first-order chi connectivity index (χ1) is 10.9. The first-order valence-corrected chi connectivity index (χ1v) is 5.84. The van der Waals surface area contributed by atoms with Crippen molar-refractivity contribution in [2.45, 2.75) is 30.1 Å². The van der Waals surface area contributed by atoms with Gasteiger partial charge in [-0.05, 0) is 24.1 Å². The van der Waals surface area contributed by atoms with E-state index in [1.807, 2.05) is 0 Å². The van der Waals surface area contributed by atoms with Crippen LogP contribution in [0.25, 0.3) is 0 Å². The van der Waals surface area contributed by atoms with Gasteiger partial charge in [-0.2, -0.15) is 52.7 Å². The summed E-state index contributed by atoms with van der Waals surface area (Å²) in [5.74, 6) is -19.0. The van der Waals surface area contributed by atoms with E-state index in [1.165, 1.54) is 0 Å². The zero-order chi connectivity index (χ0) is 19.9. The predicted molar refractivity (Wildman–Crippen MR) is 59.2 cm³/mol. The largest absolute Gasteiger partial charge is 0.460 e. The van der Waals surface area contributed by atoms with Crippen LogP contribution in [0.5, 0.6) is 0 Å². The van der Waals surface area contributed by atoms with Crippen LogP contribution in [0.1, 0.15) is 11.1 Å². The van der Waals surface area contributed by atoms with Crippen molar-refractivity contribution in [2.24, 2.45) is 0 Å². The van der Waals surface area contributed by atoms with E-state index in [0.29, 0.717) is 18.2 Å². The van der Waals surface area contributed by atoms with Gasteiger partial charge < -0.3 is 0 Å². The molecule has 0 aliphatic heterocycles. The molecular weight excluding hydrogens is 384 g/mol. The van der Waals surface area contributed by atoms with Crippen LogP contribution >= 0.6 is 0 Å². The molecule has 0 aliphatic carbocycles. The van der Waals surface area contributed by atoms with E-state index in [9.17, 15) is 52.7 Å². The minimum absolute atomic E-state index is 0.128. The highest BCUT2D eigenvalue weighted by atomic mass is 19.4. The van der Waals surface area contributed by atoms with Gasteiger partial charge in [0, 0.05) is 5.56 Å². The molecule has 0 saturated heterocycles. The van der Waals surface area contributed by atoms with E-state index in [4.69, 9.17) is 0 Å². The lowest BCUT2D eigenvalue weighted by molar-refractivity contribution is -0.386. The quantitative estimate of drug-likeness (QED) is 0.462. The molecule has 140 valence electrons. The first-order valence-electron chi connectivity index (χ1n) is 5.84. The normalized spacial score (nSPS) is 14.1. The summed E-state index contributed by atoms with van der Waals surface area (Å²) < 4.78 is 150. The van der Waals surface area contributed by atoms with Crippen molar-refractivity contribution < 1.29 is 52.7 Å². The van der Waals surface area contributed by atoms with Crippen LogP contribution in [0.2, 0.25) is 0 Å². The lowest BCUT2D eigenvalue weighted by Crippen LogP contribution is -2.60. The van der Waals surface area contributed by atoms with Crippen LogP contribution in [0.15, 0.2) is 24.3 Å². The summed E-state index contributed by atoms with van der Waals surface area (Å²) >= 11 is 0. The van der Waals surface area contributed by atoms with Gasteiger partial charge in [0.15, 0.2) is 0 Å². The second kappa shape index (κ2) is 6.03. The van der Waals surface area contributed by atoms with Gasteiger partial charge in [0.25, 0.3) is 0 Å². The van der Waals surface area contributed by atoms with Crippen molar-refractivity contribution in [3.63, 3.8) is 0 Å². The zero-order valence-corrected chi connectivity index (χ0v) is 11.3. The smallest absolute Gasteiger partial charge is 0.191 e. The maximum absolute atomic E-state index is 13.1. The third-order valence-electron chi connectivity index (χ3n) is 2.70. The van der Waals surface area contributed by atoms with Crippen molar-refractivity contribution in [1.29, 1.82) is 0 Å². The molecule has 0 aromatic heterocycles. The molecule has 0 fully saturated rings. The minimum Gasteiger partial charge on any atom is -0.191 e. The third-order valence-corrected chi connectivity index (χ3v) is 2.70. The summed E-state index contributed by atoms with van der Waals surface area (Å²) in [6.45, 7) is 0. The van der Waals surface area contributed by atoms with Crippen molar-refractivity contribution in [3.05, 3.63) is 35.4 Å². The van der Waals surface area contributed by atoms with E-state index in [-0.39, 0.29) is 12.0 Å². The van der Waals surface area contributed by atoms with Crippen LogP contribution in [0.4, 0.5) is 52.7 Å². The molecule has 1 aromatic rings. The molecule has 0 saturated carbocycles. The Bertz CT molecular complexity index is 683. The van der Waals surface area contributed by atoms with Crippen LogP contribution in [0, 0.1) is 11.8 Å². The molecule has 0 heterocycles. The van der Waals surface area contributed by atoms with Gasteiger partial charge in [0.1, 0.15) is 0 Å². The molecule has 0 unspecified atom stereocenters. The minimum atomic E-state index is -7.12. The van der Waals surface area contributed by atoms with Gasteiger partial charge in [-0.3, -0.25) is 0 Å². The van der Waals surface area contributed by atoms with Crippen LogP contribution < -0.4 is 0 Å². The second-order valence-electron chi connectivity index (χ2n) is 4.55. The number of rotatable bonds is 2. The monoisotopic (exact) mass is 388 g/mol. The van der Waals surface area contributed by atoms with Crippen LogP contribution in [-0.4, -0.2) is 23.9 Å². The van der Waals surface area contributed by atoms with Gasteiger partial charge in [0.05, 0.1) is 5.56 Å². The zero-order valence-electron chi connectivity index (χ0n) is 11.3. The summed E-state index contributed by atoms with van der Waals surface area (Å²) in [5, 5.41) is 0. The van der Waals surface area contributed by atoms with E-state index in [1.54, 1.807) is 0 Å². The SMILES string of the molecule is FC(F)(F)c1cccc(C#CC(F)(F)C(F)(F)C(F)(F)C(F)(F)F)c1. The highest BCUT2D eigenvalue weighted by Gasteiger charge is 2.81. The lowest BCUT2D eigenvalue weighted by Gasteiger charge is -2.31. The topological polar surface area (TPSA) is 0 Å². The summed E-state index contributed by atoms with van der Waals surface area (Å²) in [5.41, 5.74) is -2.37. The van der Waals surface area contributed by atoms with Crippen molar-refractivity contribution in [2.75, 3.05) is 0 Å². The van der Waals surface area contributed by atoms with Gasteiger partial charge >= 0.3 is 30.1 Å². The Morgan fingerprint density at radius 3 is 1.64 bits per heavy atom. The fraction of sp³-hybridized carbons (Fsp3) is 0.385. The Labute approximate surface area is 131 Å². The number of halogens is 12. The molecule has 0 nitrogen and oxygen atoms in total. The van der Waals surface area contributed by atoms with Gasteiger partial charge in [0.2, 0.25) is 0 Å². The van der Waals surface area contributed by atoms with Gasteiger partial charge in [-0.15, -0.1) is 0 Å². The van der Waals surface area contributed by atoms with Crippen molar-refractivity contribution in [3.8, 4) is 11.8 Å². The molecule has 0 bridgehead atoms. The third kappa shape index (κ3) is 3.96. The lowest BCUT2D eigenvalue weighted by atomic mass is 10.0. The fourth-order valence-electron chi connectivity index (χ4n) is 1.38. The Morgan fingerprint density at radius 2 is 1.20 bits per heavy atom. The average Bonchev–Trinajstić information content (AvgIpc) is 2.43. The van der Waals surface area contributed by atoms with Crippen molar-refractivity contribution in [1.82, 2.24) is 0 Å². The highest BCUT2D eigenvalue weighted by molar-refractivity contribution is 5.40. The van der Waals surface area contributed by atoms with Crippen LogP contribution in [0.3, 0.4) is 0 Å². The van der Waals surface area contributed by atoms with E-state index in [2.05, 4.69) is 0 Å². The fourth-order valence-corrected chi connectivity index (χ4v) is 1.38. The molecule has 0 amide bonds. The Balaban J connectivity index is 3.29. The molecule has 0 spiro atoms. The molecule has 1 aromatic carbocycles. The predicted octanol–water partition coefficient (Wildman–Crippen LogP) is 5.53. The Hall–Kier alpha value is -2.06. The van der Waals surface area contributed by atoms with E-state index >= 15 is 0 Å². The molecule has 12 heteroatoms. The Morgan fingerprint density at radius 1 is 0.680 bits per heavy atom. The van der Waals surface area contributed by atoms with Crippen molar-refractivity contribution >= 4 is 0 Å². The molecule has 25 heavy (non-hydrogen) atoms. The molecule has 0 radical (unpaired) electrons. The standard InChI is InChI=1S/C13H4F12/c14-9(15,11(19,20)12(21,22)13(23,24)25)5-4-7-2-1-3-8(6-7)10(16,17)18/h1-3,6H. The number of benzene rings is 1. The highest BCUT2D eigenvalue weighted by Crippen LogP contribution is 2.52. The molecule has 0 aliphatic rings. The van der Waals surface area contributed by atoms with Crippen LogP contribution in [-0.2, 0) is 6.18 Å².